The zero-order valence-electron chi connectivity index (χ0n) is 15.5. The van der Waals surface area contributed by atoms with Crippen LogP contribution in [-0.2, 0) is 16.9 Å². The van der Waals surface area contributed by atoms with E-state index in [1.807, 2.05) is 36.0 Å². The highest BCUT2D eigenvalue weighted by Crippen LogP contribution is 2.26. The molecule has 0 radical (unpaired) electrons. The molecule has 0 aromatic heterocycles. The number of carbonyl (C=O) groups excluding carboxylic acids is 1. The van der Waals surface area contributed by atoms with Gasteiger partial charge in [-0.1, -0.05) is 12.1 Å². The number of thioether (sulfide) groups is 1. The SMILES string of the molecule is O=C(NCCc1cc(F)cc(F)c1)Nc1cccc(CSC2CCOCC2)c1. The minimum atomic E-state index is -0.616. The predicted molar refractivity (Wildman–Crippen MR) is 109 cm³/mol. The summed E-state index contributed by atoms with van der Waals surface area (Å²) in [6.07, 6.45) is 2.52. The Bertz CT molecular complexity index is 777. The Balaban J connectivity index is 1.43. The van der Waals surface area contributed by atoms with Crippen molar-refractivity contribution in [1.29, 1.82) is 0 Å². The molecular weight excluding hydrogens is 382 g/mol. The molecule has 2 N–H and O–H groups in total. The summed E-state index contributed by atoms with van der Waals surface area (Å²) in [5.74, 6) is -0.336. The second-order valence-corrected chi connectivity index (χ2v) is 8.02. The zero-order valence-corrected chi connectivity index (χ0v) is 16.4. The third-order valence-corrected chi connectivity index (χ3v) is 5.90. The topological polar surface area (TPSA) is 50.4 Å². The van der Waals surface area contributed by atoms with Crippen molar-refractivity contribution in [2.45, 2.75) is 30.3 Å². The average molecular weight is 406 g/mol. The van der Waals surface area contributed by atoms with Crippen LogP contribution in [0.15, 0.2) is 42.5 Å². The Hall–Kier alpha value is -2.12. The number of anilines is 1. The van der Waals surface area contributed by atoms with Crippen LogP contribution in [0.1, 0.15) is 24.0 Å². The Morgan fingerprint density at radius 1 is 1.07 bits per heavy atom. The minimum absolute atomic E-state index is 0.286. The largest absolute Gasteiger partial charge is 0.381 e. The van der Waals surface area contributed by atoms with Crippen molar-refractivity contribution < 1.29 is 18.3 Å². The fourth-order valence-corrected chi connectivity index (χ4v) is 4.18. The van der Waals surface area contributed by atoms with Crippen molar-refractivity contribution in [2.24, 2.45) is 0 Å². The lowest BCUT2D eigenvalue weighted by Gasteiger charge is -2.21. The smallest absolute Gasteiger partial charge is 0.319 e. The number of amides is 2. The molecule has 2 aromatic carbocycles. The van der Waals surface area contributed by atoms with E-state index in [4.69, 9.17) is 4.74 Å². The fraction of sp³-hybridized carbons (Fsp3) is 0.381. The van der Waals surface area contributed by atoms with Gasteiger partial charge in [-0.3, -0.25) is 0 Å². The third kappa shape index (κ3) is 6.80. The maximum atomic E-state index is 13.2. The number of hydrogen-bond donors (Lipinski definition) is 2. The van der Waals surface area contributed by atoms with Crippen LogP contribution < -0.4 is 10.6 Å². The number of benzene rings is 2. The van der Waals surface area contributed by atoms with Crippen molar-refractivity contribution in [3.8, 4) is 0 Å². The molecule has 1 aliphatic heterocycles. The molecule has 3 rings (SSSR count). The fourth-order valence-electron chi connectivity index (χ4n) is 3.05. The summed E-state index contributed by atoms with van der Waals surface area (Å²) < 4.78 is 31.7. The van der Waals surface area contributed by atoms with Crippen molar-refractivity contribution in [1.82, 2.24) is 5.32 Å². The molecule has 0 saturated carbocycles. The first kappa shape index (κ1) is 20.6. The highest BCUT2D eigenvalue weighted by atomic mass is 32.2. The van der Waals surface area contributed by atoms with E-state index in [1.165, 1.54) is 12.1 Å². The molecular formula is C21H24F2N2O2S. The first-order valence-electron chi connectivity index (χ1n) is 9.36. The van der Waals surface area contributed by atoms with Gasteiger partial charge in [0.15, 0.2) is 0 Å². The van der Waals surface area contributed by atoms with Crippen molar-refractivity contribution in [3.05, 3.63) is 65.2 Å². The van der Waals surface area contributed by atoms with Crippen LogP contribution in [0.4, 0.5) is 19.3 Å². The number of halogens is 2. The lowest BCUT2D eigenvalue weighted by molar-refractivity contribution is 0.1000. The van der Waals surface area contributed by atoms with E-state index in [0.717, 1.165) is 49.1 Å². The third-order valence-electron chi connectivity index (χ3n) is 4.46. The number of rotatable bonds is 7. The molecule has 1 aliphatic rings. The second kappa shape index (κ2) is 10.4. The second-order valence-electron chi connectivity index (χ2n) is 6.73. The molecule has 1 fully saturated rings. The van der Waals surface area contributed by atoms with E-state index in [1.54, 1.807) is 0 Å². The Morgan fingerprint density at radius 3 is 2.57 bits per heavy atom. The Morgan fingerprint density at radius 2 is 1.82 bits per heavy atom. The van der Waals surface area contributed by atoms with Gasteiger partial charge in [0.05, 0.1) is 0 Å². The molecule has 28 heavy (non-hydrogen) atoms. The number of hydrogen-bond acceptors (Lipinski definition) is 3. The van der Waals surface area contributed by atoms with Gasteiger partial charge in [-0.25, -0.2) is 13.6 Å². The van der Waals surface area contributed by atoms with Crippen LogP contribution in [0.5, 0.6) is 0 Å². The summed E-state index contributed by atoms with van der Waals surface area (Å²) in [7, 11) is 0. The number of urea groups is 1. The molecule has 1 heterocycles. The van der Waals surface area contributed by atoms with Crippen LogP contribution in [0, 0.1) is 11.6 Å². The van der Waals surface area contributed by atoms with Crippen molar-refractivity contribution in [2.75, 3.05) is 25.1 Å². The van der Waals surface area contributed by atoms with E-state index in [2.05, 4.69) is 10.6 Å². The van der Waals surface area contributed by atoms with Crippen LogP contribution in [0.25, 0.3) is 0 Å². The lowest BCUT2D eigenvalue weighted by Crippen LogP contribution is -2.30. The van der Waals surface area contributed by atoms with Gasteiger partial charge in [0, 0.05) is 42.5 Å². The molecule has 1 saturated heterocycles. The summed E-state index contributed by atoms with van der Waals surface area (Å²) in [5, 5.41) is 6.14. The summed E-state index contributed by atoms with van der Waals surface area (Å²) in [6.45, 7) is 1.96. The normalized spacial score (nSPS) is 14.6. The summed E-state index contributed by atoms with van der Waals surface area (Å²) in [4.78, 5) is 12.1. The molecule has 0 atom stereocenters. The van der Waals surface area contributed by atoms with Gasteiger partial charge in [0.2, 0.25) is 0 Å². The molecule has 2 aromatic rings. The minimum Gasteiger partial charge on any atom is -0.381 e. The average Bonchev–Trinajstić information content (AvgIpc) is 2.67. The van der Waals surface area contributed by atoms with Gasteiger partial charge < -0.3 is 15.4 Å². The quantitative estimate of drug-likeness (QED) is 0.698. The molecule has 0 unspecified atom stereocenters. The van der Waals surface area contributed by atoms with Gasteiger partial charge in [-0.2, -0.15) is 11.8 Å². The van der Waals surface area contributed by atoms with Gasteiger partial charge in [0.25, 0.3) is 0 Å². The zero-order chi connectivity index (χ0) is 19.8. The number of carbonyl (C=O) groups is 1. The maximum Gasteiger partial charge on any atom is 0.319 e. The standard InChI is InChI=1S/C21H24F2N2O2S/c22-17-10-15(11-18(23)13-17)4-7-24-21(26)25-19-3-1-2-16(12-19)14-28-20-5-8-27-9-6-20/h1-3,10-13,20H,4-9,14H2,(H2,24,25,26). The van der Waals surface area contributed by atoms with E-state index in [0.29, 0.717) is 17.2 Å². The summed E-state index contributed by atoms with van der Waals surface area (Å²) >= 11 is 1.92. The van der Waals surface area contributed by atoms with Crippen molar-refractivity contribution >= 4 is 23.5 Å². The highest BCUT2D eigenvalue weighted by Gasteiger charge is 2.14. The first-order valence-corrected chi connectivity index (χ1v) is 10.4. The predicted octanol–water partition coefficient (Wildman–Crippen LogP) is 4.74. The molecule has 0 bridgehead atoms. The lowest BCUT2D eigenvalue weighted by atomic mass is 10.1. The summed E-state index contributed by atoms with van der Waals surface area (Å²) in [6, 6.07) is 10.8. The summed E-state index contributed by atoms with van der Waals surface area (Å²) in [5.41, 5.74) is 2.38. The van der Waals surface area contributed by atoms with Crippen LogP contribution in [0.2, 0.25) is 0 Å². The number of ether oxygens (including phenoxy) is 1. The van der Waals surface area contributed by atoms with E-state index < -0.39 is 11.6 Å². The monoisotopic (exact) mass is 406 g/mol. The molecule has 150 valence electrons. The van der Waals surface area contributed by atoms with Crippen molar-refractivity contribution in [3.63, 3.8) is 0 Å². The number of nitrogens with one attached hydrogen (secondary N) is 2. The van der Waals surface area contributed by atoms with E-state index in [9.17, 15) is 13.6 Å². The maximum absolute atomic E-state index is 13.2. The van der Waals surface area contributed by atoms with Gasteiger partial charge >= 0.3 is 6.03 Å². The molecule has 7 heteroatoms. The first-order chi connectivity index (χ1) is 13.6. The molecule has 0 spiro atoms. The van der Waals surface area contributed by atoms with E-state index in [-0.39, 0.29) is 12.6 Å². The van der Waals surface area contributed by atoms with Gasteiger partial charge in [-0.15, -0.1) is 0 Å². The van der Waals surface area contributed by atoms with Gasteiger partial charge in [-0.05, 0) is 54.7 Å². The van der Waals surface area contributed by atoms with Crippen LogP contribution >= 0.6 is 11.8 Å². The molecule has 0 aliphatic carbocycles. The Labute approximate surface area is 168 Å². The highest BCUT2D eigenvalue weighted by molar-refractivity contribution is 7.99. The molecule has 4 nitrogen and oxygen atoms in total. The molecule has 2 amide bonds. The van der Waals surface area contributed by atoms with Crippen LogP contribution in [-0.4, -0.2) is 31.0 Å². The Kier molecular flexibility index (Phi) is 7.68. The van der Waals surface area contributed by atoms with E-state index >= 15 is 0 Å². The van der Waals surface area contributed by atoms with Crippen LogP contribution in [0.3, 0.4) is 0 Å². The van der Waals surface area contributed by atoms with Gasteiger partial charge in [0.1, 0.15) is 11.6 Å².